The molecular weight excluding hydrogens is 226 g/mol. The van der Waals surface area contributed by atoms with Gasteiger partial charge in [0.25, 0.3) is 0 Å². The Morgan fingerprint density at radius 2 is 2.38 bits per heavy atom. The summed E-state index contributed by atoms with van der Waals surface area (Å²) in [4.78, 5) is 13.5. The van der Waals surface area contributed by atoms with E-state index in [1.165, 1.54) is 0 Å². The minimum atomic E-state index is -0.510. The fourth-order valence-electron chi connectivity index (χ4n) is 2.10. The van der Waals surface area contributed by atoms with Gasteiger partial charge in [-0.25, -0.2) is 0 Å². The molecule has 1 atom stereocenters. The van der Waals surface area contributed by atoms with Gasteiger partial charge in [0.1, 0.15) is 5.38 Å². The average Bonchev–Trinajstić information content (AvgIpc) is 2.71. The summed E-state index contributed by atoms with van der Waals surface area (Å²) in [5.41, 5.74) is 2.86. The number of nitrogens with zero attached hydrogens (tertiary/aromatic N) is 1. The number of aliphatic hydroxyl groups is 1. The molecule has 0 unspecified atom stereocenters. The highest BCUT2D eigenvalue weighted by Crippen LogP contribution is 2.31. The molecule has 4 heteroatoms. The normalized spacial score (nSPS) is 16.1. The molecule has 86 valence electrons. The number of anilines is 1. The van der Waals surface area contributed by atoms with Gasteiger partial charge in [0, 0.05) is 12.2 Å². The number of amides is 1. The topological polar surface area (TPSA) is 40.5 Å². The number of aliphatic hydroxyl groups excluding tert-OH is 1. The summed E-state index contributed by atoms with van der Waals surface area (Å²) >= 11 is 5.81. The first-order valence-corrected chi connectivity index (χ1v) is 5.76. The second-order valence-corrected chi connectivity index (χ2v) is 4.58. The zero-order valence-corrected chi connectivity index (χ0v) is 9.87. The summed E-state index contributed by atoms with van der Waals surface area (Å²) in [6.45, 7) is 2.35. The lowest BCUT2D eigenvalue weighted by molar-refractivity contribution is -0.117. The molecule has 16 heavy (non-hydrogen) atoms. The Hall–Kier alpha value is -1.06. The molecule has 1 amide bonds. The number of hydrogen-bond acceptors (Lipinski definition) is 2. The predicted molar refractivity (Wildman–Crippen MR) is 63.7 cm³/mol. The van der Waals surface area contributed by atoms with E-state index in [1.54, 1.807) is 11.8 Å². The van der Waals surface area contributed by atoms with E-state index in [-0.39, 0.29) is 12.5 Å². The third-order valence-electron chi connectivity index (χ3n) is 2.90. The molecule has 0 bridgehead atoms. The highest BCUT2D eigenvalue weighted by atomic mass is 35.5. The fourth-order valence-corrected chi connectivity index (χ4v) is 2.22. The largest absolute Gasteiger partial charge is 0.392 e. The summed E-state index contributed by atoms with van der Waals surface area (Å²) in [5, 5.41) is 8.70. The van der Waals surface area contributed by atoms with Crippen LogP contribution in [-0.4, -0.2) is 22.9 Å². The molecule has 1 N–H and O–H groups in total. The zero-order valence-electron chi connectivity index (χ0n) is 9.11. The molecule has 1 heterocycles. The zero-order chi connectivity index (χ0) is 11.7. The van der Waals surface area contributed by atoms with Gasteiger partial charge in [0.15, 0.2) is 0 Å². The first kappa shape index (κ1) is 11.4. The molecule has 1 aromatic carbocycles. The monoisotopic (exact) mass is 239 g/mol. The van der Waals surface area contributed by atoms with Crippen LogP contribution in [0.1, 0.15) is 18.1 Å². The van der Waals surface area contributed by atoms with E-state index in [1.807, 2.05) is 18.2 Å². The van der Waals surface area contributed by atoms with Crippen molar-refractivity contribution < 1.29 is 9.90 Å². The van der Waals surface area contributed by atoms with Crippen molar-refractivity contribution in [3.05, 3.63) is 29.3 Å². The molecule has 0 aliphatic carbocycles. The first-order chi connectivity index (χ1) is 7.65. The van der Waals surface area contributed by atoms with Crippen molar-refractivity contribution in [1.82, 2.24) is 0 Å². The van der Waals surface area contributed by atoms with E-state index >= 15 is 0 Å². The fraction of sp³-hybridized carbons (Fsp3) is 0.417. The molecule has 1 aromatic rings. The standard InChI is InChI=1S/C12H14ClNO2/c1-8(13)12(16)14-6-5-10-9(7-15)3-2-4-11(10)14/h2-4,8,15H,5-7H2,1H3/t8-/m1/s1. The number of hydrogen-bond donors (Lipinski definition) is 1. The van der Waals surface area contributed by atoms with E-state index in [2.05, 4.69) is 0 Å². The molecule has 3 nitrogen and oxygen atoms in total. The lowest BCUT2D eigenvalue weighted by Crippen LogP contribution is -2.34. The van der Waals surface area contributed by atoms with Crippen LogP contribution < -0.4 is 4.90 Å². The highest BCUT2D eigenvalue weighted by molar-refractivity contribution is 6.32. The van der Waals surface area contributed by atoms with Crippen molar-refractivity contribution in [1.29, 1.82) is 0 Å². The maximum atomic E-state index is 11.8. The molecule has 0 saturated heterocycles. The SMILES string of the molecule is C[C@@H](Cl)C(=O)N1CCc2c(CO)cccc21. The van der Waals surface area contributed by atoms with Crippen molar-refractivity contribution in [3.8, 4) is 0 Å². The summed E-state index contributed by atoms with van der Waals surface area (Å²) < 4.78 is 0. The van der Waals surface area contributed by atoms with Gasteiger partial charge < -0.3 is 10.0 Å². The van der Waals surface area contributed by atoms with Crippen LogP contribution in [-0.2, 0) is 17.8 Å². The number of carbonyl (C=O) groups excluding carboxylic acids is 1. The Balaban J connectivity index is 2.37. The first-order valence-electron chi connectivity index (χ1n) is 5.32. The Kier molecular flexibility index (Phi) is 3.17. The van der Waals surface area contributed by atoms with E-state index in [0.29, 0.717) is 6.54 Å². The number of carbonyl (C=O) groups is 1. The van der Waals surface area contributed by atoms with E-state index < -0.39 is 5.38 Å². The van der Waals surface area contributed by atoms with Crippen LogP contribution in [0.25, 0.3) is 0 Å². The average molecular weight is 240 g/mol. The smallest absolute Gasteiger partial charge is 0.244 e. The quantitative estimate of drug-likeness (QED) is 0.798. The second-order valence-electron chi connectivity index (χ2n) is 3.93. The lowest BCUT2D eigenvalue weighted by atomic mass is 10.1. The molecule has 0 radical (unpaired) electrons. The molecule has 0 fully saturated rings. The van der Waals surface area contributed by atoms with Gasteiger partial charge in [-0.15, -0.1) is 11.6 Å². The molecule has 1 aliphatic rings. The summed E-state index contributed by atoms with van der Waals surface area (Å²) in [7, 11) is 0. The van der Waals surface area contributed by atoms with Gasteiger partial charge in [-0.1, -0.05) is 12.1 Å². The summed E-state index contributed by atoms with van der Waals surface area (Å²) in [6, 6.07) is 5.64. The van der Waals surface area contributed by atoms with E-state index in [4.69, 9.17) is 11.6 Å². The van der Waals surface area contributed by atoms with Crippen LogP contribution in [0.3, 0.4) is 0 Å². The van der Waals surface area contributed by atoms with Crippen LogP contribution in [0.4, 0.5) is 5.69 Å². The van der Waals surface area contributed by atoms with Crippen molar-refractivity contribution in [2.24, 2.45) is 0 Å². The minimum absolute atomic E-state index is 0.0155. The summed E-state index contributed by atoms with van der Waals surface area (Å²) in [6.07, 6.45) is 0.793. The Morgan fingerprint density at radius 1 is 1.62 bits per heavy atom. The number of benzene rings is 1. The van der Waals surface area contributed by atoms with Crippen molar-refractivity contribution in [3.63, 3.8) is 0 Å². The van der Waals surface area contributed by atoms with Crippen LogP contribution in [0.2, 0.25) is 0 Å². The maximum absolute atomic E-state index is 11.8. The van der Waals surface area contributed by atoms with Gasteiger partial charge in [0.2, 0.25) is 5.91 Å². The molecule has 1 aliphatic heterocycles. The van der Waals surface area contributed by atoms with Gasteiger partial charge in [-0.05, 0) is 30.5 Å². The van der Waals surface area contributed by atoms with Crippen LogP contribution in [0.5, 0.6) is 0 Å². The highest BCUT2D eigenvalue weighted by Gasteiger charge is 2.28. The Bertz CT molecular complexity index is 417. The third kappa shape index (κ3) is 1.81. The van der Waals surface area contributed by atoms with Crippen LogP contribution in [0.15, 0.2) is 18.2 Å². The third-order valence-corrected chi connectivity index (χ3v) is 3.09. The minimum Gasteiger partial charge on any atom is -0.392 e. The predicted octanol–water partition coefficient (Wildman–Crippen LogP) is 1.70. The van der Waals surface area contributed by atoms with Crippen molar-refractivity contribution in [2.75, 3.05) is 11.4 Å². The van der Waals surface area contributed by atoms with Gasteiger partial charge >= 0.3 is 0 Å². The van der Waals surface area contributed by atoms with Gasteiger partial charge in [-0.3, -0.25) is 4.79 Å². The lowest BCUT2D eigenvalue weighted by Gasteiger charge is -2.18. The van der Waals surface area contributed by atoms with E-state index in [9.17, 15) is 9.90 Å². The van der Waals surface area contributed by atoms with Crippen LogP contribution in [0, 0.1) is 0 Å². The summed E-state index contributed by atoms with van der Waals surface area (Å²) in [5.74, 6) is -0.0736. The number of alkyl halides is 1. The Morgan fingerprint density at radius 3 is 3.00 bits per heavy atom. The molecular formula is C12H14ClNO2. The maximum Gasteiger partial charge on any atom is 0.244 e. The van der Waals surface area contributed by atoms with E-state index in [0.717, 1.165) is 23.2 Å². The van der Waals surface area contributed by atoms with Gasteiger partial charge in [-0.2, -0.15) is 0 Å². The second kappa shape index (κ2) is 4.44. The molecule has 2 rings (SSSR count). The van der Waals surface area contributed by atoms with Crippen LogP contribution >= 0.6 is 11.6 Å². The number of fused-ring (bicyclic) bond motifs is 1. The number of halogens is 1. The van der Waals surface area contributed by atoms with Gasteiger partial charge in [0.05, 0.1) is 6.61 Å². The Labute approximate surface area is 99.6 Å². The molecule has 0 spiro atoms. The number of rotatable bonds is 2. The van der Waals surface area contributed by atoms with Crippen molar-refractivity contribution in [2.45, 2.75) is 25.3 Å². The van der Waals surface area contributed by atoms with Crippen molar-refractivity contribution >= 4 is 23.2 Å². The molecule has 0 saturated carbocycles. The molecule has 0 aromatic heterocycles.